The summed E-state index contributed by atoms with van der Waals surface area (Å²) in [6.07, 6.45) is 0. The molecule has 0 amide bonds. The average Bonchev–Trinajstić information content (AvgIpc) is 2.28. The monoisotopic (exact) mass is 245 g/mol. The molecular weight excluding hydrogens is 230 g/mol. The van der Waals surface area contributed by atoms with Crippen molar-refractivity contribution in [2.24, 2.45) is 0 Å². The van der Waals surface area contributed by atoms with E-state index >= 15 is 0 Å². The van der Waals surface area contributed by atoms with E-state index in [1.54, 1.807) is 0 Å². The van der Waals surface area contributed by atoms with Gasteiger partial charge < -0.3 is 0 Å². The maximum atomic E-state index is 6.02. The molecule has 0 spiro atoms. The molecule has 0 aliphatic heterocycles. The summed E-state index contributed by atoms with van der Waals surface area (Å²) < 4.78 is 0. The van der Waals surface area contributed by atoms with Gasteiger partial charge in [0.25, 0.3) is 0 Å². The highest BCUT2D eigenvalue weighted by molar-refractivity contribution is 6.30. The number of aromatic nitrogens is 1. The van der Waals surface area contributed by atoms with Gasteiger partial charge in [-0.25, -0.2) is 0 Å². The summed E-state index contributed by atoms with van der Waals surface area (Å²) in [5.74, 6) is 0.438. The Morgan fingerprint density at radius 2 is 1.82 bits per heavy atom. The lowest BCUT2D eigenvalue weighted by Crippen LogP contribution is -1.95. The first-order chi connectivity index (χ1) is 8.06. The van der Waals surface area contributed by atoms with Crippen LogP contribution in [0, 0.1) is 6.92 Å². The number of halogens is 1. The van der Waals surface area contributed by atoms with Crippen molar-refractivity contribution in [3.05, 3.63) is 52.8 Å². The molecule has 0 aliphatic carbocycles. The first-order valence-corrected chi connectivity index (χ1v) is 6.18. The molecule has 0 N–H and O–H groups in total. The Balaban J connectivity index is 2.52. The molecule has 88 valence electrons. The number of hydrogen-bond donors (Lipinski definition) is 0. The van der Waals surface area contributed by atoms with E-state index in [4.69, 9.17) is 11.6 Å². The van der Waals surface area contributed by atoms with Gasteiger partial charge in [0.05, 0.1) is 0 Å². The first-order valence-electron chi connectivity index (χ1n) is 5.81. The molecule has 17 heavy (non-hydrogen) atoms. The predicted octanol–water partition coefficient (Wildman–Crippen LogP) is 4.83. The van der Waals surface area contributed by atoms with Crippen LogP contribution in [-0.4, -0.2) is 4.98 Å². The zero-order valence-electron chi connectivity index (χ0n) is 10.4. The van der Waals surface area contributed by atoms with E-state index in [2.05, 4.69) is 37.0 Å². The van der Waals surface area contributed by atoms with E-state index in [1.165, 1.54) is 5.56 Å². The van der Waals surface area contributed by atoms with E-state index in [9.17, 15) is 0 Å². The second-order valence-electron chi connectivity index (χ2n) is 4.59. The number of pyridine rings is 1. The molecule has 1 nitrogen and oxygen atoms in total. The van der Waals surface area contributed by atoms with E-state index < -0.39 is 0 Å². The zero-order chi connectivity index (χ0) is 12.4. The molecule has 0 bridgehead atoms. The minimum absolute atomic E-state index is 0.438. The lowest BCUT2D eigenvalue weighted by Gasteiger charge is -2.09. The Morgan fingerprint density at radius 1 is 1.06 bits per heavy atom. The summed E-state index contributed by atoms with van der Waals surface area (Å²) in [5, 5.41) is 0.767. The maximum absolute atomic E-state index is 6.02. The average molecular weight is 246 g/mol. The molecule has 0 radical (unpaired) electrons. The molecule has 1 aromatic carbocycles. The van der Waals surface area contributed by atoms with Crippen LogP contribution < -0.4 is 0 Å². The highest BCUT2D eigenvalue weighted by atomic mass is 35.5. The summed E-state index contributed by atoms with van der Waals surface area (Å²) in [7, 11) is 0. The predicted molar refractivity (Wildman–Crippen MR) is 73.5 cm³/mol. The molecule has 1 aromatic heterocycles. The van der Waals surface area contributed by atoms with Crippen LogP contribution in [-0.2, 0) is 0 Å². The van der Waals surface area contributed by atoms with E-state index in [0.29, 0.717) is 5.92 Å². The molecule has 0 saturated carbocycles. The maximum Gasteiger partial charge on any atom is 0.0438 e. The second kappa shape index (κ2) is 4.89. The van der Waals surface area contributed by atoms with Gasteiger partial charge >= 0.3 is 0 Å². The smallest absolute Gasteiger partial charge is 0.0438 e. The van der Waals surface area contributed by atoms with Gasteiger partial charge in [-0.1, -0.05) is 37.6 Å². The Bertz CT molecular complexity index is 532. The third-order valence-corrected chi connectivity index (χ3v) is 2.96. The summed E-state index contributed by atoms with van der Waals surface area (Å²) in [5.41, 5.74) is 4.50. The van der Waals surface area contributed by atoms with E-state index in [-0.39, 0.29) is 0 Å². The van der Waals surface area contributed by atoms with E-state index in [1.807, 2.05) is 25.1 Å². The van der Waals surface area contributed by atoms with Gasteiger partial charge in [-0.2, -0.15) is 0 Å². The molecule has 2 rings (SSSR count). The van der Waals surface area contributed by atoms with Crippen LogP contribution >= 0.6 is 11.6 Å². The number of aryl methyl sites for hydroxylation is 1. The fourth-order valence-electron chi connectivity index (χ4n) is 1.82. The number of hydrogen-bond acceptors (Lipinski definition) is 1. The first kappa shape index (κ1) is 12.1. The molecule has 0 fully saturated rings. The molecule has 0 unspecified atom stereocenters. The third-order valence-electron chi connectivity index (χ3n) is 2.72. The quantitative estimate of drug-likeness (QED) is 0.738. The minimum Gasteiger partial charge on any atom is -0.258 e. The van der Waals surface area contributed by atoms with Gasteiger partial charge in [-0.15, -0.1) is 0 Å². The standard InChI is InChI=1S/C15H16ClN/c1-10(2)15-9-13(7-11(3)17-15)12-5-4-6-14(16)8-12/h4-10H,1-3H3. The lowest BCUT2D eigenvalue weighted by atomic mass is 10.0. The Morgan fingerprint density at radius 3 is 2.47 bits per heavy atom. The van der Waals surface area contributed by atoms with Gasteiger partial charge in [0, 0.05) is 16.4 Å². The van der Waals surface area contributed by atoms with Crippen LogP contribution in [0.1, 0.15) is 31.2 Å². The summed E-state index contributed by atoms with van der Waals surface area (Å²) in [4.78, 5) is 4.55. The van der Waals surface area contributed by atoms with Crippen molar-refractivity contribution in [3.8, 4) is 11.1 Å². The topological polar surface area (TPSA) is 12.9 Å². The zero-order valence-corrected chi connectivity index (χ0v) is 11.1. The van der Waals surface area contributed by atoms with Crippen molar-refractivity contribution in [3.63, 3.8) is 0 Å². The highest BCUT2D eigenvalue weighted by Gasteiger charge is 2.06. The molecule has 2 aromatic rings. The van der Waals surface area contributed by atoms with Gasteiger partial charge in [0.15, 0.2) is 0 Å². The Hall–Kier alpha value is -1.34. The molecular formula is C15H16ClN. The largest absolute Gasteiger partial charge is 0.258 e. The van der Waals surface area contributed by atoms with Gasteiger partial charge in [-0.3, -0.25) is 4.98 Å². The van der Waals surface area contributed by atoms with Crippen molar-refractivity contribution >= 4 is 11.6 Å². The van der Waals surface area contributed by atoms with Gasteiger partial charge in [0.1, 0.15) is 0 Å². The van der Waals surface area contributed by atoms with Gasteiger partial charge in [-0.05, 0) is 48.2 Å². The summed E-state index contributed by atoms with van der Waals surface area (Å²) in [6, 6.07) is 12.2. The van der Waals surface area contributed by atoms with Crippen molar-refractivity contribution in [1.29, 1.82) is 0 Å². The van der Waals surface area contributed by atoms with Crippen LogP contribution in [0.15, 0.2) is 36.4 Å². The van der Waals surface area contributed by atoms with Crippen molar-refractivity contribution < 1.29 is 0 Å². The van der Waals surface area contributed by atoms with Crippen LogP contribution in [0.25, 0.3) is 11.1 Å². The number of benzene rings is 1. The Labute approximate surface area is 107 Å². The number of rotatable bonds is 2. The van der Waals surface area contributed by atoms with Crippen LogP contribution in [0.4, 0.5) is 0 Å². The summed E-state index contributed by atoms with van der Waals surface area (Å²) in [6.45, 7) is 6.34. The highest BCUT2D eigenvalue weighted by Crippen LogP contribution is 2.25. The lowest BCUT2D eigenvalue weighted by molar-refractivity contribution is 0.816. The number of nitrogens with zero attached hydrogens (tertiary/aromatic N) is 1. The molecule has 1 heterocycles. The van der Waals surface area contributed by atoms with Crippen molar-refractivity contribution in [2.45, 2.75) is 26.7 Å². The van der Waals surface area contributed by atoms with Crippen LogP contribution in [0.2, 0.25) is 5.02 Å². The van der Waals surface area contributed by atoms with Crippen molar-refractivity contribution in [2.75, 3.05) is 0 Å². The normalized spacial score (nSPS) is 10.9. The second-order valence-corrected chi connectivity index (χ2v) is 5.02. The molecule has 0 atom stereocenters. The fraction of sp³-hybridized carbons (Fsp3) is 0.267. The SMILES string of the molecule is Cc1cc(-c2cccc(Cl)c2)cc(C(C)C)n1. The minimum atomic E-state index is 0.438. The van der Waals surface area contributed by atoms with E-state index in [0.717, 1.165) is 22.0 Å². The van der Waals surface area contributed by atoms with Gasteiger partial charge in [0.2, 0.25) is 0 Å². The van der Waals surface area contributed by atoms with Crippen molar-refractivity contribution in [1.82, 2.24) is 4.98 Å². The fourth-order valence-corrected chi connectivity index (χ4v) is 2.01. The Kier molecular flexibility index (Phi) is 3.49. The molecule has 0 aliphatic rings. The molecule has 0 saturated heterocycles. The third kappa shape index (κ3) is 2.86. The molecule has 2 heteroatoms. The van der Waals surface area contributed by atoms with Crippen LogP contribution in [0.5, 0.6) is 0 Å². The van der Waals surface area contributed by atoms with Crippen LogP contribution in [0.3, 0.4) is 0 Å². The summed E-state index contributed by atoms with van der Waals surface area (Å²) >= 11 is 6.02.